The first-order chi connectivity index (χ1) is 14.8. The fourth-order valence-corrected chi connectivity index (χ4v) is 3.50. The zero-order valence-corrected chi connectivity index (χ0v) is 16.3. The van der Waals surface area contributed by atoms with Crippen molar-refractivity contribution in [2.75, 3.05) is 12.4 Å². The first kappa shape index (κ1) is 17.9. The molecule has 0 spiro atoms. The van der Waals surface area contributed by atoms with Crippen molar-refractivity contribution in [2.45, 2.75) is 6.42 Å². The van der Waals surface area contributed by atoms with Crippen LogP contribution in [0.3, 0.4) is 0 Å². The average Bonchev–Trinajstić information content (AvgIpc) is 3.41. The Labute approximate surface area is 172 Å². The summed E-state index contributed by atoms with van der Waals surface area (Å²) in [7, 11) is 1.63. The predicted molar refractivity (Wildman–Crippen MR) is 117 cm³/mol. The van der Waals surface area contributed by atoms with Gasteiger partial charge in [-0.25, -0.2) is 9.97 Å². The first-order valence-corrected chi connectivity index (χ1v) is 9.44. The number of H-pyrrole nitrogens is 2. The number of aromatic nitrogens is 6. The number of nitrogens with one attached hydrogen (secondary N) is 3. The summed E-state index contributed by atoms with van der Waals surface area (Å²) in [6, 6.07) is 12.1. The Bertz CT molecular complexity index is 1350. The van der Waals surface area contributed by atoms with Crippen molar-refractivity contribution in [3.05, 3.63) is 67.1 Å². The summed E-state index contributed by atoms with van der Waals surface area (Å²) in [6.07, 6.45) is 5.98. The van der Waals surface area contributed by atoms with Gasteiger partial charge in [-0.05, 0) is 18.1 Å². The number of benzene rings is 2. The third-order valence-electron chi connectivity index (χ3n) is 4.99. The second-order valence-electron chi connectivity index (χ2n) is 6.84. The number of methoxy groups -OCH3 is 1. The molecule has 5 rings (SSSR count). The summed E-state index contributed by atoms with van der Waals surface area (Å²) in [4.78, 5) is 8.78. The maximum absolute atomic E-state index is 5.55. The third-order valence-corrected chi connectivity index (χ3v) is 4.99. The van der Waals surface area contributed by atoms with Gasteiger partial charge in [0, 0.05) is 17.0 Å². The number of hydrogen-bond acceptors (Lipinski definition) is 6. The Morgan fingerprint density at radius 2 is 2.00 bits per heavy atom. The van der Waals surface area contributed by atoms with Crippen LogP contribution < -0.4 is 10.1 Å². The number of anilines is 2. The molecule has 0 saturated heterocycles. The zero-order chi connectivity index (χ0) is 20.5. The second-order valence-corrected chi connectivity index (χ2v) is 6.84. The quantitative estimate of drug-likeness (QED) is 0.367. The molecule has 8 heteroatoms. The molecule has 0 saturated carbocycles. The summed E-state index contributed by atoms with van der Waals surface area (Å²) >= 11 is 0. The van der Waals surface area contributed by atoms with Crippen molar-refractivity contribution in [3.8, 4) is 17.0 Å². The van der Waals surface area contributed by atoms with E-state index in [0.717, 1.165) is 39.7 Å². The van der Waals surface area contributed by atoms with Gasteiger partial charge in [0.15, 0.2) is 5.65 Å². The molecule has 0 aliphatic carbocycles. The number of aromatic amines is 2. The van der Waals surface area contributed by atoms with Gasteiger partial charge in [-0.3, -0.25) is 10.2 Å². The maximum atomic E-state index is 5.55. The number of hydrogen-bond donors (Lipinski definition) is 3. The Balaban J connectivity index is 1.60. The molecule has 148 valence electrons. The normalized spacial score (nSPS) is 11.1. The van der Waals surface area contributed by atoms with Crippen molar-refractivity contribution in [2.24, 2.45) is 0 Å². The third kappa shape index (κ3) is 3.04. The Morgan fingerprint density at radius 3 is 2.80 bits per heavy atom. The van der Waals surface area contributed by atoms with Crippen LogP contribution in [0, 0.1) is 0 Å². The van der Waals surface area contributed by atoms with Gasteiger partial charge in [0.05, 0.1) is 35.6 Å². The van der Waals surface area contributed by atoms with Crippen LogP contribution in [0.1, 0.15) is 5.56 Å². The Kier molecular flexibility index (Phi) is 4.36. The number of rotatable bonds is 6. The smallest absolute Gasteiger partial charge is 0.186 e. The van der Waals surface area contributed by atoms with E-state index in [1.54, 1.807) is 13.3 Å². The molecule has 2 aromatic carbocycles. The highest BCUT2D eigenvalue weighted by Gasteiger charge is 2.16. The van der Waals surface area contributed by atoms with Gasteiger partial charge >= 0.3 is 0 Å². The topological polar surface area (TPSA) is 104 Å². The molecule has 0 unspecified atom stereocenters. The van der Waals surface area contributed by atoms with E-state index in [4.69, 9.17) is 4.74 Å². The summed E-state index contributed by atoms with van der Waals surface area (Å²) in [5.41, 5.74) is 5.31. The van der Waals surface area contributed by atoms with Gasteiger partial charge in [0.25, 0.3) is 0 Å². The maximum Gasteiger partial charge on any atom is 0.186 e. The number of nitrogens with zero attached hydrogens (tertiary/aromatic N) is 4. The van der Waals surface area contributed by atoms with E-state index in [9.17, 15) is 0 Å². The highest BCUT2D eigenvalue weighted by atomic mass is 16.5. The lowest BCUT2D eigenvalue weighted by molar-refractivity contribution is 0.417. The highest BCUT2D eigenvalue weighted by molar-refractivity contribution is 6.00. The number of fused-ring (bicyclic) bond motifs is 2. The number of ether oxygens (including phenoxy) is 1. The lowest BCUT2D eigenvalue weighted by Gasteiger charge is -2.12. The molecule has 0 bridgehead atoms. The van der Waals surface area contributed by atoms with Crippen LogP contribution >= 0.6 is 0 Å². The Hall–Kier alpha value is -4.20. The highest BCUT2D eigenvalue weighted by Crippen LogP contribution is 2.35. The van der Waals surface area contributed by atoms with Crippen LogP contribution in [0.15, 0.2) is 61.6 Å². The summed E-state index contributed by atoms with van der Waals surface area (Å²) in [6.45, 7) is 3.79. The van der Waals surface area contributed by atoms with E-state index in [0.29, 0.717) is 17.2 Å². The van der Waals surface area contributed by atoms with Gasteiger partial charge in [0.1, 0.15) is 17.9 Å². The second kappa shape index (κ2) is 7.32. The van der Waals surface area contributed by atoms with Crippen molar-refractivity contribution in [1.82, 2.24) is 30.4 Å². The molecule has 0 fully saturated rings. The van der Waals surface area contributed by atoms with E-state index >= 15 is 0 Å². The lowest BCUT2D eigenvalue weighted by atomic mass is 10.1. The molecule has 0 amide bonds. The minimum absolute atomic E-state index is 0.584. The minimum atomic E-state index is 0.584. The van der Waals surface area contributed by atoms with E-state index in [-0.39, 0.29) is 0 Å². The van der Waals surface area contributed by atoms with Gasteiger partial charge < -0.3 is 10.1 Å². The van der Waals surface area contributed by atoms with Gasteiger partial charge in [-0.2, -0.15) is 10.2 Å². The van der Waals surface area contributed by atoms with E-state index in [2.05, 4.69) is 66.5 Å². The molecule has 30 heavy (non-hydrogen) atoms. The van der Waals surface area contributed by atoms with Crippen LogP contribution in [-0.4, -0.2) is 37.5 Å². The van der Waals surface area contributed by atoms with Gasteiger partial charge in [-0.1, -0.05) is 30.3 Å². The summed E-state index contributed by atoms with van der Waals surface area (Å²) in [5.74, 6) is 1.32. The fourth-order valence-electron chi connectivity index (χ4n) is 3.50. The summed E-state index contributed by atoms with van der Waals surface area (Å²) < 4.78 is 5.55. The molecular weight excluding hydrogens is 378 g/mol. The predicted octanol–water partition coefficient (Wildman–Crippen LogP) is 4.38. The fraction of sp³-hybridized carbons (Fsp3) is 0.0909. The molecule has 3 aromatic heterocycles. The lowest BCUT2D eigenvalue weighted by Crippen LogP contribution is -1.98. The monoisotopic (exact) mass is 397 g/mol. The van der Waals surface area contributed by atoms with Gasteiger partial charge in [-0.15, -0.1) is 6.58 Å². The van der Waals surface area contributed by atoms with Crippen molar-refractivity contribution >= 4 is 33.4 Å². The molecule has 5 aromatic rings. The molecule has 3 N–H and O–H groups in total. The van der Waals surface area contributed by atoms with Crippen LogP contribution in [-0.2, 0) is 6.42 Å². The SMILES string of the molecule is C=CCc1ccc(-c2[nH]nc3ncnc(Nc4cc5cn[nH]c5cc4OC)c23)cc1. The molecule has 0 aliphatic rings. The molecule has 3 heterocycles. The largest absolute Gasteiger partial charge is 0.494 e. The molecular formula is C22H19N7O. The van der Waals surface area contributed by atoms with Crippen LogP contribution in [0.4, 0.5) is 11.5 Å². The molecule has 8 nitrogen and oxygen atoms in total. The van der Waals surface area contributed by atoms with Crippen molar-refractivity contribution in [1.29, 1.82) is 0 Å². The van der Waals surface area contributed by atoms with E-state index in [1.807, 2.05) is 18.2 Å². The van der Waals surface area contributed by atoms with Crippen LogP contribution in [0.5, 0.6) is 5.75 Å². The molecule has 0 atom stereocenters. The van der Waals surface area contributed by atoms with Gasteiger partial charge in [0.2, 0.25) is 0 Å². The molecule has 0 radical (unpaired) electrons. The average molecular weight is 397 g/mol. The van der Waals surface area contributed by atoms with Crippen LogP contribution in [0.25, 0.3) is 33.2 Å². The van der Waals surface area contributed by atoms with E-state index in [1.165, 1.54) is 11.9 Å². The van der Waals surface area contributed by atoms with Crippen molar-refractivity contribution in [3.63, 3.8) is 0 Å². The standard InChI is InChI=1S/C22H19N7O/c1-3-4-13-5-7-14(8-6-13)20-19-21(23-12-24-22(19)29-28-20)26-17-9-15-11-25-27-16(15)10-18(17)30-2/h3,5-12H,1,4H2,2H3,(H,25,27)(H2,23,24,26,28,29). The number of allylic oxidation sites excluding steroid dienone is 1. The Morgan fingerprint density at radius 1 is 1.13 bits per heavy atom. The molecule has 0 aliphatic heterocycles. The minimum Gasteiger partial charge on any atom is -0.494 e. The van der Waals surface area contributed by atoms with Crippen LogP contribution in [0.2, 0.25) is 0 Å². The zero-order valence-electron chi connectivity index (χ0n) is 16.3. The van der Waals surface area contributed by atoms with Crippen molar-refractivity contribution < 1.29 is 4.74 Å². The first-order valence-electron chi connectivity index (χ1n) is 9.44. The van der Waals surface area contributed by atoms with E-state index < -0.39 is 0 Å². The summed E-state index contributed by atoms with van der Waals surface area (Å²) in [5, 5.41) is 19.7.